The molecular formula is C15H20N2OS. The van der Waals surface area contributed by atoms with E-state index >= 15 is 0 Å². The van der Waals surface area contributed by atoms with Crippen LogP contribution in [0.25, 0.3) is 0 Å². The predicted octanol–water partition coefficient (Wildman–Crippen LogP) is 3.99. The van der Waals surface area contributed by atoms with Gasteiger partial charge >= 0.3 is 0 Å². The van der Waals surface area contributed by atoms with E-state index < -0.39 is 0 Å². The van der Waals surface area contributed by atoms with Crippen LogP contribution in [0.4, 0.5) is 5.69 Å². The number of anilines is 1. The first-order valence-corrected chi connectivity index (χ1v) is 7.46. The number of rotatable bonds is 2. The lowest BCUT2D eigenvalue weighted by molar-refractivity contribution is 0.102. The van der Waals surface area contributed by atoms with Crippen molar-refractivity contribution in [2.75, 3.05) is 5.32 Å². The standard InChI is InChI=1S/C15H20N2OS/c1-9(18)14-13(17-8-16)11-7-10(15(2,3)4)5-6-12(11)19-14/h10,17H,5-7H2,1-4H3/t10-/m0/s1. The second-order valence-corrected chi connectivity index (χ2v) is 7.41. The predicted molar refractivity (Wildman–Crippen MR) is 78.5 cm³/mol. The molecule has 1 aliphatic carbocycles. The van der Waals surface area contributed by atoms with E-state index in [4.69, 9.17) is 5.26 Å². The van der Waals surface area contributed by atoms with Gasteiger partial charge in [0.25, 0.3) is 0 Å². The molecule has 1 atom stereocenters. The zero-order valence-electron chi connectivity index (χ0n) is 12.0. The van der Waals surface area contributed by atoms with Crippen LogP contribution in [0.2, 0.25) is 0 Å². The van der Waals surface area contributed by atoms with Crippen LogP contribution in [-0.2, 0) is 12.8 Å². The maximum absolute atomic E-state index is 11.7. The van der Waals surface area contributed by atoms with Crippen molar-refractivity contribution in [3.63, 3.8) is 0 Å². The minimum absolute atomic E-state index is 0.0458. The molecule has 0 unspecified atom stereocenters. The highest BCUT2D eigenvalue weighted by Crippen LogP contribution is 2.44. The van der Waals surface area contributed by atoms with E-state index in [1.807, 2.05) is 6.19 Å². The third-order valence-electron chi connectivity index (χ3n) is 3.99. The molecule has 0 bridgehead atoms. The Morgan fingerprint density at radius 1 is 1.47 bits per heavy atom. The fraction of sp³-hybridized carbons (Fsp3) is 0.600. The Balaban J connectivity index is 2.43. The van der Waals surface area contributed by atoms with Crippen LogP contribution < -0.4 is 5.32 Å². The van der Waals surface area contributed by atoms with Crippen LogP contribution in [0, 0.1) is 22.8 Å². The van der Waals surface area contributed by atoms with Crippen LogP contribution in [0.3, 0.4) is 0 Å². The van der Waals surface area contributed by atoms with Gasteiger partial charge in [0.1, 0.15) is 0 Å². The van der Waals surface area contributed by atoms with Gasteiger partial charge in [0.2, 0.25) is 0 Å². The lowest BCUT2D eigenvalue weighted by Gasteiger charge is -2.34. The Morgan fingerprint density at radius 3 is 2.68 bits per heavy atom. The fourth-order valence-corrected chi connectivity index (χ4v) is 3.95. The highest BCUT2D eigenvalue weighted by Gasteiger charge is 2.32. The number of carbonyl (C=O) groups excluding carboxylic acids is 1. The van der Waals surface area contributed by atoms with Crippen molar-refractivity contribution >= 4 is 22.8 Å². The maximum atomic E-state index is 11.7. The van der Waals surface area contributed by atoms with Crippen molar-refractivity contribution in [1.29, 1.82) is 5.26 Å². The first-order valence-electron chi connectivity index (χ1n) is 6.65. The Kier molecular flexibility index (Phi) is 3.69. The minimum atomic E-state index is 0.0458. The van der Waals surface area contributed by atoms with Gasteiger partial charge in [-0.1, -0.05) is 20.8 Å². The van der Waals surface area contributed by atoms with Crippen molar-refractivity contribution in [2.24, 2.45) is 11.3 Å². The number of ketones is 1. The van der Waals surface area contributed by atoms with E-state index in [9.17, 15) is 4.79 Å². The van der Waals surface area contributed by atoms with Crippen LogP contribution in [0.1, 0.15) is 54.2 Å². The molecule has 1 aromatic heterocycles. The van der Waals surface area contributed by atoms with Gasteiger partial charge in [-0.2, -0.15) is 5.26 Å². The summed E-state index contributed by atoms with van der Waals surface area (Å²) in [5.41, 5.74) is 2.23. The molecule has 1 aromatic rings. The number of carbonyl (C=O) groups is 1. The Bertz CT molecular complexity index is 546. The summed E-state index contributed by atoms with van der Waals surface area (Å²) in [5.74, 6) is 0.651. The summed E-state index contributed by atoms with van der Waals surface area (Å²) in [6.07, 6.45) is 5.13. The number of fused-ring (bicyclic) bond motifs is 1. The van der Waals surface area contributed by atoms with E-state index in [-0.39, 0.29) is 11.2 Å². The van der Waals surface area contributed by atoms with E-state index in [0.717, 1.165) is 18.5 Å². The van der Waals surface area contributed by atoms with Gasteiger partial charge in [0.15, 0.2) is 12.0 Å². The SMILES string of the molecule is CC(=O)c1sc2c(c1NC#N)C[C@@H](C(C)(C)C)CC2. The molecular weight excluding hydrogens is 256 g/mol. The molecule has 0 amide bonds. The first kappa shape index (κ1) is 14.1. The molecule has 1 aliphatic rings. The third kappa shape index (κ3) is 2.66. The summed E-state index contributed by atoms with van der Waals surface area (Å²) in [4.78, 5) is 13.7. The van der Waals surface area contributed by atoms with Gasteiger partial charge in [-0.25, -0.2) is 0 Å². The highest BCUT2D eigenvalue weighted by molar-refractivity contribution is 7.15. The van der Waals surface area contributed by atoms with Crippen molar-refractivity contribution in [2.45, 2.75) is 47.0 Å². The van der Waals surface area contributed by atoms with E-state index in [2.05, 4.69) is 26.1 Å². The average Bonchev–Trinajstić information content (AvgIpc) is 2.67. The lowest BCUT2D eigenvalue weighted by Crippen LogP contribution is -2.26. The summed E-state index contributed by atoms with van der Waals surface area (Å²) in [7, 11) is 0. The topological polar surface area (TPSA) is 52.9 Å². The summed E-state index contributed by atoms with van der Waals surface area (Å²) in [6, 6.07) is 0. The second-order valence-electron chi connectivity index (χ2n) is 6.31. The second kappa shape index (κ2) is 4.97. The molecule has 0 radical (unpaired) electrons. The first-order chi connectivity index (χ1) is 8.84. The molecule has 1 heterocycles. The lowest BCUT2D eigenvalue weighted by atomic mass is 9.72. The van der Waals surface area contributed by atoms with Gasteiger partial charge < -0.3 is 0 Å². The van der Waals surface area contributed by atoms with Crippen LogP contribution >= 0.6 is 11.3 Å². The normalized spacial score (nSPS) is 18.6. The van der Waals surface area contributed by atoms with E-state index in [1.165, 1.54) is 16.9 Å². The molecule has 0 saturated carbocycles. The van der Waals surface area contributed by atoms with E-state index in [0.29, 0.717) is 10.8 Å². The van der Waals surface area contributed by atoms with Gasteiger partial charge in [-0.05, 0) is 36.2 Å². The number of thiophene rings is 1. The Morgan fingerprint density at radius 2 is 2.16 bits per heavy atom. The monoisotopic (exact) mass is 276 g/mol. The third-order valence-corrected chi connectivity index (χ3v) is 5.38. The van der Waals surface area contributed by atoms with Gasteiger partial charge in [0, 0.05) is 11.8 Å². The summed E-state index contributed by atoms with van der Waals surface area (Å²) >= 11 is 1.56. The van der Waals surface area contributed by atoms with Gasteiger partial charge in [-0.15, -0.1) is 11.3 Å². The molecule has 102 valence electrons. The molecule has 1 N–H and O–H groups in total. The molecule has 0 aliphatic heterocycles. The minimum Gasteiger partial charge on any atom is -0.294 e. The number of aryl methyl sites for hydroxylation is 1. The molecule has 0 aromatic carbocycles. The number of hydrogen-bond acceptors (Lipinski definition) is 4. The average molecular weight is 276 g/mol. The molecule has 3 nitrogen and oxygen atoms in total. The van der Waals surface area contributed by atoms with E-state index in [1.54, 1.807) is 18.3 Å². The summed E-state index contributed by atoms with van der Waals surface area (Å²) in [5, 5.41) is 11.6. The zero-order valence-corrected chi connectivity index (χ0v) is 12.8. The summed E-state index contributed by atoms with van der Waals surface area (Å²) < 4.78 is 0. The Labute approximate surface area is 118 Å². The number of nitrogens with one attached hydrogen (secondary N) is 1. The molecule has 2 rings (SSSR count). The Hall–Kier alpha value is -1.34. The van der Waals surface area contributed by atoms with Crippen molar-refractivity contribution < 1.29 is 4.79 Å². The van der Waals surface area contributed by atoms with Crippen molar-refractivity contribution in [3.05, 3.63) is 15.3 Å². The fourth-order valence-electron chi connectivity index (χ4n) is 2.76. The number of nitrogens with zero attached hydrogens (tertiary/aromatic N) is 1. The summed E-state index contributed by atoms with van der Waals surface area (Å²) in [6.45, 7) is 8.36. The zero-order chi connectivity index (χ0) is 14.2. The smallest absolute Gasteiger partial charge is 0.181 e. The number of nitriles is 1. The molecule has 4 heteroatoms. The van der Waals surface area contributed by atoms with Crippen molar-refractivity contribution in [3.8, 4) is 6.19 Å². The molecule has 0 fully saturated rings. The largest absolute Gasteiger partial charge is 0.294 e. The quantitative estimate of drug-likeness (QED) is 0.505. The molecule has 0 spiro atoms. The molecule has 0 saturated heterocycles. The van der Waals surface area contributed by atoms with Crippen LogP contribution in [0.15, 0.2) is 0 Å². The van der Waals surface area contributed by atoms with Gasteiger partial charge in [0.05, 0.1) is 10.6 Å². The number of Topliss-reactive ketones (excluding diaryl/α,β-unsaturated/α-hetero) is 1. The number of hydrogen-bond donors (Lipinski definition) is 1. The van der Waals surface area contributed by atoms with Crippen LogP contribution in [-0.4, -0.2) is 5.78 Å². The van der Waals surface area contributed by atoms with Crippen molar-refractivity contribution in [1.82, 2.24) is 0 Å². The molecule has 19 heavy (non-hydrogen) atoms. The maximum Gasteiger partial charge on any atom is 0.181 e. The van der Waals surface area contributed by atoms with Gasteiger partial charge in [-0.3, -0.25) is 10.1 Å². The highest BCUT2D eigenvalue weighted by atomic mass is 32.1. The van der Waals surface area contributed by atoms with Crippen LogP contribution in [0.5, 0.6) is 0 Å².